The number of nitrogens with zero attached hydrogens (tertiary/aromatic N) is 3. The van der Waals surface area contributed by atoms with E-state index in [4.69, 9.17) is 4.98 Å². The number of thiophene rings is 2. The molecule has 58 heavy (non-hydrogen) atoms. The second kappa shape index (κ2) is 12.1. The van der Waals surface area contributed by atoms with Crippen molar-refractivity contribution in [3.63, 3.8) is 0 Å². The lowest BCUT2D eigenvalue weighted by molar-refractivity contribution is 0.400. The number of para-hydroxylation sites is 1. The highest BCUT2D eigenvalue weighted by molar-refractivity contribution is 7.40. The summed E-state index contributed by atoms with van der Waals surface area (Å²) in [5.74, 6) is 1.08. The van der Waals surface area contributed by atoms with Gasteiger partial charge in [0.25, 0.3) is 6.71 Å². The average molecular weight is 798 g/mol. The molecule has 0 atom stereocenters. The normalized spacial score (nSPS) is 16.8. The summed E-state index contributed by atoms with van der Waals surface area (Å²) in [6, 6.07) is 35.1. The van der Waals surface area contributed by atoms with Gasteiger partial charge in [0, 0.05) is 52.1 Å². The molecule has 0 saturated heterocycles. The first-order valence-corrected chi connectivity index (χ1v) is 22.8. The highest BCUT2D eigenvalue weighted by Crippen LogP contribution is 2.58. The van der Waals surface area contributed by atoms with Gasteiger partial charge in [-0.25, -0.2) is 4.98 Å². The van der Waals surface area contributed by atoms with Gasteiger partial charge in [-0.2, -0.15) is 0 Å². The Hall–Kier alpha value is -4.39. The van der Waals surface area contributed by atoms with Crippen molar-refractivity contribution in [2.75, 3.05) is 9.80 Å². The highest BCUT2D eigenvalue weighted by atomic mass is 32.1. The van der Waals surface area contributed by atoms with E-state index in [1.54, 1.807) is 0 Å². The van der Waals surface area contributed by atoms with Gasteiger partial charge in [-0.05, 0) is 98.8 Å². The summed E-state index contributed by atoms with van der Waals surface area (Å²) in [5, 5.41) is 2.67. The largest absolute Gasteiger partial charge is 0.310 e. The Kier molecular flexibility index (Phi) is 7.90. The van der Waals surface area contributed by atoms with Crippen LogP contribution in [0.1, 0.15) is 124 Å². The molecule has 1 aliphatic carbocycles. The van der Waals surface area contributed by atoms with Crippen molar-refractivity contribution in [2.24, 2.45) is 0 Å². The van der Waals surface area contributed by atoms with Gasteiger partial charge in [-0.15, -0.1) is 22.7 Å². The van der Waals surface area contributed by atoms with Crippen LogP contribution in [0.3, 0.4) is 0 Å². The third kappa shape index (κ3) is 5.46. The lowest BCUT2D eigenvalue weighted by atomic mass is 9.39. The number of hydrogen-bond donors (Lipinski definition) is 0. The Labute approximate surface area is 354 Å². The predicted octanol–water partition coefficient (Wildman–Crippen LogP) is 13.4. The molecule has 2 aliphatic heterocycles. The second-order valence-electron chi connectivity index (χ2n) is 21.7. The molecule has 5 heterocycles. The molecule has 0 unspecified atom stereocenters. The molecule has 0 fully saturated rings. The number of pyridine rings is 1. The van der Waals surface area contributed by atoms with Crippen LogP contribution in [0.25, 0.3) is 20.2 Å². The molecule has 0 radical (unpaired) electrons. The first-order valence-electron chi connectivity index (χ1n) is 21.1. The Morgan fingerprint density at radius 2 is 1.03 bits per heavy atom. The van der Waals surface area contributed by atoms with Gasteiger partial charge in [-0.3, -0.25) is 4.90 Å². The van der Waals surface area contributed by atoms with Crippen molar-refractivity contribution in [1.82, 2.24) is 4.98 Å². The van der Waals surface area contributed by atoms with Crippen molar-refractivity contribution in [3.8, 4) is 0 Å². The quantitative estimate of drug-likeness (QED) is 0.162. The molecule has 0 spiro atoms. The van der Waals surface area contributed by atoms with E-state index in [0.717, 1.165) is 12.2 Å². The lowest BCUT2D eigenvalue weighted by Crippen LogP contribution is -2.60. The molecule has 6 heteroatoms. The van der Waals surface area contributed by atoms with E-state index in [1.807, 2.05) is 22.7 Å². The van der Waals surface area contributed by atoms with E-state index in [0.29, 0.717) is 0 Å². The molecule has 0 bridgehead atoms. The first kappa shape index (κ1) is 37.9. The van der Waals surface area contributed by atoms with Crippen LogP contribution < -0.4 is 24.8 Å². The molecule has 10 rings (SSSR count). The van der Waals surface area contributed by atoms with Crippen molar-refractivity contribution in [1.29, 1.82) is 0 Å². The van der Waals surface area contributed by atoms with Crippen LogP contribution in [0.15, 0.2) is 91.0 Å². The van der Waals surface area contributed by atoms with Crippen LogP contribution in [0.4, 0.5) is 34.3 Å². The highest BCUT2D eigenvalue weighted by Gasteiger charge is 2.54. The van der Waals surface area contributed by atoms with Crippen molar-refractivity contribution in [2.45, 2.75) is 124 Å². The van der Waals surface area contributed by atoms with Crippen LogP contribution in [0.5, 0.6) is 0 Å². The zero-order chi connectivity index (χ0) is 41.1. The van der Waals surface area contributed by atoms with E-state index in [2.05, 4.69) is 191 Å². The molecule has 7 aromatic rings. The monoisotopic (exact) mass is 797 g/mol. The maximum Gasteiger partial charge on any atom is 0.279 e. The van der Waals surface area contributed by atoms with E-state index in [9.17, 15) is 0 Å². The average Bonchev–Trinajstić information content (AvgIpc) is 3.77. The van der Waals surface area contributed by atoms with E-state index >= 15 is 0 Å². The van der Waals surface area contributed by atoms with Gasteiger partial charge in [0.05, 0.1) is 22.8 Å². The van der Waals surface area contributed by atoms with Gasteiger partial charge in [0.15, 0.2) is 0 Å². The van der Waals surface area contributed by atoms with Crippen molar-refractivity contribution >= 4 is 98.8 Å². The molecule has 0 saturated carbocycles. The summed E-state index contributed by atoms with van der Waals surface area (Å²) in [6.45, 7) is 30.8. The Balaban J connectivity index is 1.40. The molecular formula is C52H56BN3S2. The number of rotatable bonds is 2. The molecule has 0 amide bonds. The third-order valence-electron chi connectivity index (χ3n) is 13.2. The number of hydrogen-bond acceptors (Lipinski definition) is 5. The summed E-state index contributed by atoms with van der Waals surface area (Å²) >= 11 is 3.98. The minimum Gasteiger partial charge on any atom is -0.310 e. The lowest BCUT2D eigenvalue weighted by Gasteiger charge is -2.44. The summed E-state index contributed by atoms with van der Waals surface area (Å²) in [4.78, 5) is 11.3. The molecule has 3 nitrogen and oxygen atoms in total. The standard InChI is InChI=1S/C52H56BN3S2/c1-48(2,3)30-19-23-34(24-20-30)56-42-36-28-32(50(7,8)9)22-26-38(36)58-46(42)53-40-43(39-44(54-47(40)56)52(12,13)29-51(39,10)11)55(33-17-15-14-16-18-33)41-35-27-31(49(4,5)6)21-25-37(35)57-45(41)53/h14-28H,29H2,1-13H3. The molecule has 3 aromatic heterocycles. The molecular weight excluding hydrogens is 742 g/mol. The smallest absolute Gasteiger partial charge is 0.279 e. The van der Waals surface area contributed by atoms with Gasteiger partial charge in [-0.1, -0.05) is 132 Å². The van der Waals surface area contributed by atoms with Crippen LogP contribution in [-0.4, -0.2) is 11.7 Å². The Morgan fingerprint density at radius 1 is 0.552 bits per heavy atom. The SMILES string of the molecule is CC(C)(C)c1ccc(N2c3nc4c(c5c3B(c3sc6ccc(C(C)(C)C)cc6c32)c2sc3ccc(C(C)(C)C)cc3c2N5c2ccccc2)C(C)(C)CC4(C)C)cc1. The van der Waals surface area contributed by atoms with Gasteiger partial charge < -0.3 is 4.90 Å². The fourth-order valence-electron chi connectivity index (χ4n) is 10.4. The minimum atomic E-state index is -0.114. The van der Waals surface area contributed by atoms with Gasteiger partial charge in [0.2, 0.25) is 0 Å². The maximum atomic E-state index is 6.03. The number of fused-ring (bicyclic) bond motifs is 10. The van der Waals surface area contributed by atoms with Gasteiger partial charge >= 0.3 is 0 Å². The Morgan fingerprint density at radius 3 is 1.55 bits per heavy atom. The van der Waals surface area contributed by atoms with Crippen LogP contribution in [0.2, 0.25) is 0 Å². The zero-order valence-corrected chi connectivity index (χ0v) is 38.2. The minimum absolute atomic E-state index is 0.0149. The molecule has 294 valence electrons. The molecule has 4 aromatic carbocycles. The van der Waals surface area contributed by atoms with Crippen LogP contribution in [-0.2, 0) is 27.1 Å². The van der Waals surface area contributed by atoms with E-state index < -0.39 is 0 Å². The second-order valence-corrected chi connectivity index (χ2v) is 23.8. The fraction of sp³-hybridized carbons (Fsp3) is 0.365. The number of aromatic nitrogens is 1. The summed E-state index contributed by atoms with van der Waals surface area (Å²) < 4.78 is 5.51. The number of benzene rings is 4. The van der Waals surface area contributed by atoms with Gasteiger partial charge in [0.1, 0.15) is 5.82 Å². The van der Waals surface area contributed by atoms with E-state index in [-0.39, 0.29) is 33.8 Å². The fourth-order valence-corrected chi connectivity index (χ4v) is 13.1. The summed E-state index contributed by atoms with van der Waals surface area (Å²) in [5.41, 5.74) is 14.3. The number of anilines is 6. The summed E-state index contributed by atoms with van der Waals surface area (Å²) in [7, 11) is 0. The summed E-state index contributed by atoms with van der Waals surface area (Å²) in [6.07, 6.45) is 1.04. The molecule has 0 N–H and O–H groups in total. The third-order valence-corrected chi connectivity index (χ3v) is 15.6. The Bertz CT molecular complexity index is 2820. The topological polar surface area (TPSA) is 19.4 Å². The maximum absolute atomic E-state index is 6.03. The predicted molar refractivity (Wildman–Crippen MR) is 256 cm³/mol. The molecule has 3 aliphatic rings. The van der Waals surface area contributed by atoms with Crippen LogP contribution in [0, 0.1) is 0 Å². The van der Waals surface area contributed by atoms with Crippen molar-refractivity contribution < 1.29 is 0 Å². The first-order chi connectivity index (χ1) is 27.1. The zero-order valence-electron chi connectivity index (χ0n) is 36.6. The van der Waals surface area contributed by atoms with Crippen molar-refractivity contribution in [3.05, 3.63) is 119 Å². The van der Waals surface area contributed by atoms with E-state index in [1.165, 1.54) is 91.6 Å². The van der Waals surface area contributed by atoms with Crippen LogP contribution >= 0.6 is 22.7 Å².